The minimum atomic E-state index is -4.51. The number of rotatable bonds is 3. The van der Waals surface area contributed by atoms with Gasteiger partial charge in [0.05, 0.1) is 6.54 Å². The van der Waals surface area contributed by atoms with E-state index in [0.717, 1.165) is 21.5 Å². The third-order valence-corrected chi connectivity index (χ3v) is 3.37. The summed E-state index contributed by atoms with van der Waals surface area (Å²) in [6.07, 6.45) is -3.22. The summed E-state index contributed by atoms with van der Waals surface area (Å²) in [5.74, 6) is 0.0465. The summed E-state index contributed by atoms with van der Waals surface area (Å²) in [5, 5.41) is 6.29. The Balaban J connectivity index is 2.12. The van der Waals surface area contributed by atoms with Gasteiger partial charge in [0.25, 0.3) is 0 Å². The highest BCUT2D eigenvalue weighted by Crippen LogP contribution is 2.30. The van der Waals surface area contributed by atoms with Gasteiger partial charge in [-0.2, -0.15) is 18.3 Å². The highest BCUT2D eigenvalue weighted by Gasteiger charge is 2.36. The van der Waals surface area contributed by atoms with E-state index in [-0.39, 0.29) is 18.1 Å². The molecule has 3 N–H and O–H groups in total. The molecular formula is C15H18F3N5. The SMILES string of the molecule is Cc1ccc(NC(N)=NCc2cn(C)nc2C(F)(F)F)cc1C. The molecule has 0 amide bonds. The van der Waals surface area contributed by atoms with Gasteiger partial charge < -0.3 is 11.1 Å². The van der Waals surface area contributed by atoms with E-state index in [9.17, 15) is 13.2 Å². The van der Waals surface area contributed by atoms with Crippen LogP contribution in [0, 0.1) is 13.8 Å². The molecule has 0 radical (unpaired) electrons. The normalized spacial score (nSPS) is 12.5. The van der Waals surface area contributed by atoms with Crippen molar-refractivity contribution in [3.63, 3.8) is 0 Å². The van der Waals surface area contributed by atoms with Crippen LogP contribution >= 0.6 is 0 Å². The first-order chi connectivity index (χ1) is 10.7. The van der Waals surface area contributed by atoms with Gasteiger partial charge in [-0.3, -0.25) is 4.68 Å². The van der Waals surface area contributed by atoms with Crippen molar-refractivity contribution in [1.29, 1.82) is 0 Å². The maximum Gasteiger partial charge on any atom is 0.435 e. The second kappa shape index (κ2) is 6.31. The second-order valence-corrected chi connectivity index (χ2v) is 5.30. The maximum atomic E-state index is 12.8. The number of nitrogens with zero attached hydrogens (tertiary/aromatic N) is 3. The van der Waals surface area contributed by atoms with E-state index in [1.165, 1.54) is 13.2 Å². The van der Waals surface area contributed by atoms with Gasteiger partial charge in [0.1, 0.15) is 0 Å². The molecule has 0 spiro atoms. The van der Waals surface area contributed by atoms with Crippen LogP contribution in [0.15, 0.2) is 29.4 Å². The number of aryl methyl sites for hydroxylation is 3. The molecule has 2 rings (SSSR count). The molecule has 1 aromatic carbocycles. The summed E-state index contributed by atoms with van der Waals surface area (Å²) in [5.41, 5.74) is 7.72. The number of anilines is 1. The van der Waals surface area contributed by atoms with Crippen molar-refractivity contribution in [3.8, 4) is 0 Å². The summed E-state index contributed by atoms with van der Waals surface area (Å²) < 4.78 is 39.6. The molecule has 0 aliphatic rings. The lowest BCUT2D eigenvalue weighted by Gasteiger charge is -2.08. The van der Waals surface area contributed by atoms with Gasteiger partial charge in [-0.25, -0.2) is 4.99 Å². The van der Waals surface area contributed by atoms with E-state index >= 15 is 0 Å². The van der Waals surface area contributed by atoms with E-state index < -0.39 is 11.9 Å². The van der Waals surface area contributed by atoms with Crippen LogP contribution in [0.3, 0.4) is 0 Å². The fraction of sp³-hybridized carbons (Fsp3) is 0.333. The summed E-state index contributed by atoms with van der Waals surface area (Å²) in [6, 6.07) is 5.65. The molecule has 0 saturated heterocycles. The molecule has 0 atom stereocenters. The average molecular weight is 325 g/mol. The molecule has 0 aliphatic carbocycles. The molecule has 2 aromatic rings. The zero-order valence-electron chi connectivity index (χ0n) is 13.1. The zero-order valence-corrected chi connectivity index (χ0v) is 13.1. The second-order valence-electron chi connectivity index (χ2n) is 5.30. The van der Waals surface area contributed by atoms with Gasteiger partial charge in [0.2, 0.25) is 0 Å². The van der Waals surface area contributed by atoms with Crippen LogP contribution in [-0.4, -0.2) is 15.7 Å². The Morgan fingerprint density at radius 3 is 2.61 bits per heavy atom. The predicted molar refractivity (Wildman–Crippen MR) is 83.1 cm³/mol. The monoisotopic (exact) mass is 325 g/mol. The molecule has 124 valence electrons. The highest BCUT2D eigenvalue weighted by atomic mass is 19.4. The van der Waals surface area contributed by atoms with Crippen LogP contribution in [0.1, 0.15) is 22.4 Å². The minimum absolute atomic E-state index is 0.0233. The van der Waals surface area contributed by atoms with Gasteiger partial charge in [0.15, 0.2) is 11.7 Å². The third kappa shape index (κ3) is 4.24. The van der Waals surface area contributed by atoms with E-state index in [4.69, 9.17) is 5.73 Å². The van der Waals surface area contributed by atoms with Crippen molar-refractivity contribution >= 4 is 11.6 Å². The number of aliphatic imine (C=N–C) groups is 1. The number of benzene rings is 1. The van der Waals surface area contributed by atoms with Crippen molar-refractivity contribution < 1.29 is 13.2 Å². The zero-order chi connectivity index (χ0) is 17.2. The standard InChI is InChI=1S/C15H18F3N5/c1-9-4-5-12(6-10(9)2)21-14(19)20-7-11-8-23(3)22-13(11)15(16,17)18/h4-6,8H,7H2,1-3H3,(H3,19,20,21). The number of hydrogen-bond acceptors (Lipinski definition) is 2. The molecule has 23 heavy (non-hydrogen) atoms. The molecule has 8 heteroatoms. The molecule has 0 aliphatic heterocycles. The molecule has 0 saturated carbocycles. The Morgan fingerprint density at radius 2 is 2.00 bits per heavy atom. The van der Waals surface area contributed by atoms with Gasteiger partial charge >= 0.3 is 6.18 Å². The Hall–Kier alpha value is -2.51. The van der Waals surface area contributed by atoms with E-state index in [0.29, 0.717) is 0 Å². The lowest BCUT2D eigenvalue weighted by Crippen LogP contribution is -2.22. The first-order valence-electron chi connectivity index (χ1n) is 6.90. The Labute approximate surface area is 132 Å². The summed E-state index contributed by atoms with van der Waals surface area (Å²) in [7, 11) is 1.43. The van der Waals surface area contributed by atoms with E-state index in [2.05, 4.69) is 15.4 Å². The predicted octanol–water partition coefficient (Wildman–Crippen LogP) is 2.98. The van der Waals surface area contributed by atoms with Crippen LogP contribution in [0.5, 0.6) is 0 Å². The molecule has 5 nitrogen and oxygen atoms in total. The number of nitrogens with two attached hydrogens (primary N) is 1. The van der Waals surface area contributed by atoms with E-state index in [1.807, 2.05) is 32.0 Å². The van der Waals surface area contributed by atoms with Crippen molar-refractivity contribution in [2.45, 2.75) is 26.6 Å². The Morgan fingerprint density at radius 1 is 1.30 bits per heavy atom. The van der Waals surface area contributed by atoms with Crippen LogP contribution in [0.25, 0.3) is 0 Å². The molecule has 0 bridgehead atoms. The van der Waals surface area contributed by atoms with Crippen molar-refractivity contribution in [1.82, 2.24) is 9.78 Å². The molecule has 0 unspecified atom stereocenters. The molecular weight excluding hydrogens is 307 g/mol. The van der Waals surface area contributed by atoms with Gasteiger partial charge in [0, 0.05) is 24.5 Å². The number of nitrogens with one attached hydrogen (secondary N) is 1. The van der Waals surface area contributed by atoms with Crippen LogP contribution in [0.4, 0.5) is 18.9 Å². The maximum absolute atomic E-state index is 12.8. The molecule has 1 aromatic heterocycles. The Bertz CT molecular complexity index is 731. The van der Waals surface area contributed by atoms with Gasteiger partial charge in [-0.1, -0.05) is 6.07 Å². The fourth-order valence-corrected chi connectivity index (χ4v) is 2.07. The van der Waals surface area contributed by atoms with Crippen LogP contribution in [0.2, 0.25) is 0 Å². The van der Waals surface area contributed by atoms with Crippen LogP contribution in [-0.2, 0) is 19.8 Å². The lowest BCUT2D eigenvalue weighted by molar-refractivity contribution is -0.142. The number of guanidine groups is 1. The number of halogens is 3. The lowest BCUT2D eigenvalue weighted by atomic mass is 10.1. The molecule has 0 fully saturated rings. The van der Waals surface area contributed by atoms with Gasteiger partial charge in [-0.15, -0.1) is 0 Å². The van der Waals surface area contributed by atoms with Crippen LogP contribution < -0.4 is 11.1 Å². The van der Waals surface area contributed by atoms with E-state index in [1.54, 1.807) is 0 Å². The van der Waals surface area contributed by atoms with Crippen molar-refractivity contribution in [2.24, 2.45) is 17.8 Å². The summed E-state index contributed by atoms with van der Waals surface area (Å²) >= 11 is 0. The summed E-state index contributed by atoms with van der Waals surface area (Å²) in [4.78, 5) is 3.96. The average Bonchev–Trinajstić information content (AvgIpc) is 2.82. The Kier molecular flexibility index (Phi) is 4.63. The number of hydrogen-bond donors (Lipinski definition) is 2. The van der Waals surface area contributed by atoms with Crippen molar-refractivity contribution in [3.05, 3.63) is 46.8 Å². The highest BCUT2D eigenvalue weighted by molar-refractivity contribution is 5.92. The third-order valence-electron chi connectivity index (χ3n) is 3.37. The topological polar surface area (TPSA) is 68.2 Å². The first-order valence-corrected chi connectivity index (χ1v) is 6.90. The molecule has 1 heterocycles. The fourth-order valence-electron chi connectivity index (χ4n) is 2.07. The smallest absolute Gasteiger partial charge is 0.370 e. The quantitative estimate of drug-likeness (QED) is 0.673. The number of aromatic nitrogens is 2. The minimum Gasteiger partial charge on any atom is -0.370 e. The van der Waals surface area contributed by atoms with Gasteiger partial charge in [-0.05, 0) is 37.1 Å². The summed E-state index contributed by atoms with van der Waals surface area (Å²) in [6.45, 7) is 3.74. The first kappa shape index (κ1) is 16.9. The largest absolute Gasteiger partial charge is 0.435 e. The number of alkyl halides is 3. The van der Waals surface area contributed by atoms with Crippen molar-refractivity contribution in [2.75, 3.05) is 5.32 Å².